The summed E-state index contributed by atoms with van der Waals surface area (Å²) in [6, 6.07) is 20.1. The summed E-state index contributed by atoms with van der Waals surface area (Å²) in [5.41, 5.74) is 4.23. The first kappa shape index (κ1) is 21.9. The predicted octanol–water partition coefficient (Wildman–Crippen LogP) is 4.65. The average Bonchev–Trinajstić information content (AvgIpc) is 3.33. The fraction of sp³-hybridized carbons (Fsp3) is 0.296. The highest BCUT2D eigenvalue weighted by Gasteiger charge is 2.26. The average molecular weight is 456 g/mol. The van der Waals surface area contributed by atoms with Crippen LogP contribution in [0.2, 0.25) is 0 Å². The lowest BCUT2D eigenvalue weighted by Gasteiger charge is -2.36. The Balaban J connectivity index is 1.46. The number of para-hydroxylation sites is 2. The van der Waals surface area contributed by atoms with Crippen molar-refractivity contribution < 1.29 is 9.53 Å². The van der Waals surface area contributed by atoms with Gasteiger partial charge in [-0.1, -0.05) is 42.5 Å². The van der Waals surface area contributed by atoms with Gasteiger partial charge in [-0.3, -0.25) is 4.79 Å². The Labute approximate surface area is 199 Å². The smallest absolute Gasteiger partial charge is 0.254 e. The molecule has 1 aliphatic rings. The number of aromatic nitrogens is 3. The summed E-state index contributed by atoms with van der Waals surface area (Å²) >= 11 is 0. The van der Waals surface area contributed by atoms with Gasteiger partial charge in [-0.05, 0) is 32.0 Å². The second-order valence-corrected chi connectivity index (χ2v) is 8.79. The lowest BCUT2D eigenvalue weighted by atomic mass is 10.1. The van der Waals surface area contributed by atoms with Crippen LogP contribution in [-0.2, 0) is 0 Å². The van der Waals surface area contributed by atoms with Gasteiger partial charge in [0.2, 0.25) is 0 Å². The van der Waals surface area contributed by atoms with Crippen LogP contribution in [-0.4, -0.2) is 58.9 Å². The van der Waals surface area contributed by atoms with Gasteiger partial charge in [-0.2, -0.15) is 5.10 Å². The quantitative estimate of drug-likeness (QED) is 0.438. The van der Waals surface area contributed by atoms with E-state index in [-0.39, 0.29) is 11.9 Å². The molecule has 1 aliphatic heterocycles. The Bertz CT molecular complexity index is 1310. The second kappa shape index (κ2) is 9.17. The highest BCUT2D eigenvalue weighted by atomic mass is 16.5. The van der Waals surface area contributed by atoms with Crippen LogP contribution >= 0.6 is 0 Å². The topological polar surface area (TPSA) is 63.5 Å². The fourth-order valence-corrected chi connectivity index (χ4v) is 4.54. The van der Waals surface area contributed by atoms with E-state index in [2.05, 4.69) is 29.9 Å². The molecule has 34 heavy (non-hydrogen) atoms. The number of amides is 1. The van der Waals surface area contributed by atoms with Crippen LogP contribution in [0.5, 0.6) is 5.75 Å². The summed E-state index contributed by atoms with van der Waals surface area (Å²) in [6.07, 6.45) is 1.77. The zero-order valence-corrected chi connectivity index (χ0v) is 19.8. The molecule has 0 atom stereocenters. The Morgan fingerprint density at radius 1 is 0.971 bits per heavy atom. The number of methoxy groups -OCH3 is 1. The van der Waals surface area contributed by atoms with Crippen molar-refractivity contribution in [1.82, 2.24) is 19.7 Å². The lowest BCUT2D eigenvalue weighted by Crippen LogP contribution is -2.49. The van der Waals surface area contributed by atoms with E-state index in [1.807, 2.05) is 64.2 Å². The Morgan fingerprint density at radius 3 is 2.38 bits per heavy atom. The Kier molecular flexibility index (Phi) is 5.92. The van der Waals surface area contributed by atoms with Crippen molar-refractivity contribution in [3.63, 3.8) is 0 Å². The third-order valence-electron chi connectivity index (χ3n) is 6.35. The maximum Gasteiger partial charge on any atom is 0.254 e. The molecule has 0 radical (unpaired) electrons. The largest absolute Gasteiger partial charge is 0.495 e. The SMILES string of the molecule is COc1ccccc1N1CCN(C(=O)c2cc(-c3ccccc3)nc3c2cnn3C(C)C)CC1. The van der Waals surface area contributed by atoms with E-state index in [4.69, 9.17) is 9.72 Å². The van der Waals surface area contributed by atoms with E-state index in [1.165, 1.54) is 0 Å². The maximum absolute atomic E-state index is 13.8. The van der Waals surface area contributed by atoms with Crippen LogP contribution in [0.15, 0.2) is 66.9 Å². The zero-order chi connectivity index (χ0) is 23.7. The number of carbonyl (C=O) groups excluding carboxylic acids is 1. The van der Waals surface area contributed by atoms with Crippen molar-refractivity contribution in [1.29, 1.82) is 0 Å². The molecule has 1 fully saturated rings. The van der Waals surface area contributed by atoms with E-state index in [1.54, 1.807) is 13.3 Å². The van der Waals surface area contributed by atoms with Crippen molar-refractivity contribution in [3.05, 3.63) is 72.4 Å². The van der Waals surface area contributed by atoms with Gasteiger partial charge in [0.15, 0.2) is 5.65 Å². The number of benzene rings is 2. The number of ether oxygens (including phenoxy) is 1. The van der Waals surface area contributed by atoms with Crippen LogP contribution < -0.4 is 9.64 Å². The molecular formula is C27H29N5O2. The molecule has 0 N–H and O–H groups in total. The highest BCUT2D eigenvalue weighted by Crippen LogP contribution is 2.30. The number of hydrogen-bond donors (Lipinski definition) is 0. The molecule has 1 amide bonds. The number of hydrogen-bond acceptors (Lipinski definition) is 5. The Hall–Kier alpha value is -3.87. The number of pyridine rings is 1. The molecule has 1 saturated heterocycles. The standard InChI is InChI=1S/C27H29N5O2/c1-19(2)32-26-22(18-28-32)21(17-23(29-26)20-9-5-4-6-10-20)27(33)31-15-13-30(14-16-31)24-11-7-8-12-25(24)34-3/h4-12,17-19H,13-16H2,1-3H3. The van der Waals surface area contributed by atoms with Gasteiger partial charge in [0.1, 0.15) is 5.75 Å². The van der Waals surface area contributed by atoms with Crippen molar-refractivity contribution in [2.45, 2.75) is 19.9 Å². The summed E-state index contributed by atoms with van der Waals surface area (Å²) in [5.74, 6) is 0.874. The first-order valence-electron chi connectivity index (χ1n) is 11.7. The normalized spacial score (nSPS) is 14.1. The van der Waals surface area contributed by atoms with E-state index in [0.29, 0.717) is 18.7 Å². The van der Waals surface area contributed by atoms with Crippen LogP contribution in [0.3, 0.4) is 0 Å². The fourth-order valence-electron chi connectivity index (χ4n) is 4.54. The van der Waals surface area contributed by atoms with Gasteiger partial charge in [0, 0.05) is 37.8 Å². The zero-order valence-electron chi connectivity index (χ0n) is 19.8. The van der Waals surface area contributed by atoms with Gasteiger partial charge in [0.05, 0.1) is 35.6 Å². The molecule has 174 valence electrons. The van der Waals surface area contributed by atoms with Crippen LogP contribution in [0.4, 0.5) is 5.69 Å². The van der Waals surface area contributed by atoms with Crippen LogP contribution in [0, 0.1) is 0 Å². The van der Waals surface area contributed by atoms with Crippen molar-refractivity contribution in [2.75, 3.05) is 38.2 Å². The molecule has 0 spiro atoms. The molecule has 0 unspecified atom stereocenters. The number of nitrogens with zero attached hydrogens (tertiary/aromatic N) is 5. The molecule has 0 bridgehead atoms. The van der Waals surface area contributed by atoms with Gasteiger partial charge in [-0.25, -0.2) is 9.67 Å². The first-order valence-corrected chi connectivity index (χ1v) is 11.7. The van der Waals surface area contributed by atoms with E-state index < -0.39 is 0 Å². The third kappa shape index (κ3) is 3.98. The molecule has 2 aromatic heterocycles. The minimum Gasteiger partial charge on any atom is -0.495 e. The molecular weight excluding hydrogens is 426 g/mol. The van der Waals surface area contributed by atoms with Gasteiger partial charge < -0.3 is 14.5 Å². The first-order chi connectivity index (χ1) is 16.6. The summed E-state index contributed by atoms with van der Waals surface area (Å²) in [4.78, 5) is 22.9. The minimum atomic E-state index is 0.0209. The van der Waals surface area contributed by atoms with Gasteiger partial charge in [0.25, 0.3) is 5.91 Å². The number of fused-ring (bicyclic) bond motifs is 1. The van der Waals surface area contributed by atoms with E-state index in [0.717, 1.165) is 46.8 Å². The summed E-state index contributed by atoms with van der Waals surface area (Å²) < 4.78 is 7.42. The van der Waals surface area contributed by atoms with Crippen molar-refractivity contribution in [3.8, 4) is 17.0 Å². The van der Waals surface area contributed by atoms with Gasteiger partial charge >= 0.3 is 0 Å². The molecule has 5 rings (SSSR count). The summed E-state index contributed by atoms with van der Waals surface area (Å²) in [6.45, 7) is 6.91. The predicted molar refractivity (Wildman–Crippen MR) is 134 cm³/mol. The number of carbonyl (C=O) groups is 1. The summed E-state index contributed by atoms with van der Waals surface area (Å²) in [7, 11) is 1.69. The van der Waals surface area contributed by atoms with Crippen molar-refractivity contribution >= 4 is 22.6 Å². The molecule has 2 aromatic carbocycles. The molecule has 7 nitrogen and oxygen atoms in total. The van der Waals surface area contributed by atoms with Gasteiger partial charge in [-0.15, -0.1) is 0 Å². The molecule has 0 aliphatic carbocycles. The highest BCUT2D eigenvalue weighted by molar-refractivity contribution is 6.06. The molecule has 4 aromatic rings. The summed E-state index contributed by atoms with van der Waals surface area (Å²) in [5, 5.41) is 5.35. The molecule has 0 saturated carbocycles. The molecule has 3 heterocycles. The van der Waals surface area contributed by atoms with Crippen molar-refractivity contribution in [2.24, 2.45) is 0 Å². The Morgan fingerprint density at radius 2 is 1.68 bits per heavy atom. The maximum atomic E-state index is 13.8. The minimum absolute atomic E-state index is 0.0209. The monoisotopic (exact) mass is 455 g/mol. The number of anilines is 1. The van der Waals surface area contributed by atoms with E-state index >= 15 is 0 Å². The lowest BCUT2D eigenvalue weighted by molar-refractivity contribution is 0.0748. The number of rotatable bonds is 5. The van der Waals surface area contributed by atoms with Crippen LogP contribution in [0.25, 0.3) is 22.3 Å². The molecule has 7 heteroatoms. The van der Waals surface area contributed by atoms with Crippen LogP contribution in [0.1, 0.15) is 30.2 Å². The van der Waals surface area contributed by atoms with E-state index in [9.17, 15) is 4.79 Å². The number of piperazine rings is 1. The second-order valence-electron chi connectivity index (χ2n) is 8.79. The third-order valence-corrected chi connectivity index (χ3v) is 6.35.